The summed E-state index contributed by atoms with van der Waals surface area (Å²) < 4.78 is 0. The first-order chi connectivity index (χ1) is 8.61. The summed E-state index contributed by atoms with van der Waals surface area (Å²) in [6.07, 6.45) is 3.11. The van der Waals surface area contributed by atoms with Gasteiger partial charge in [0.15, 0.2) is 0 Å². The van der Waals surface area contributed by atoms with Crippen molar-refractivity contribution in [2.45, 2.75) is 39.2 Å². The first-order valence-corrected chi connectivity index (χ1v) is 6.67. The molecule has 1 N–H and O–H groups in total. The molecule has 0 radical (unpaired) electrons. The molecule has 0 saturated heterocycles. The second-order valence-electron chi connectivity index (χ2n) is 5.12. The number of rotatable bonds is 5. The van der Waals surface area contributed by atoms with Crippen molar-refractivity contribution in [3.05, 3.63) is 34.9 Å². The van der Waals surface area contributed by atoms with Crippen molar-refractivity contribution in [1.82, 2.24) is 4.90 Å². The summed E-state index contributed by atoms with van der Waals surface area (Å²) >= 11 is 0. The average Bonchev–Trinajstić information content (AvgIpc) is 2.70. The van der Waals surface area contributed by atoms with Crippen molar-refractivity contribution < 1.29 is 9.90 Å². The normalized spacial score (nSPS) is 18.1. The Morgan fingerprint density at radius 1 is 1.50 bits per heavy atom. The van der Waals surface area contributed by atoms with Crippen LogP contribution in [0.5, 0.6) is 0 Å². The highest BCUT2D eigenvalue weighted by atomic mass is 16.4. The molecule has 18 heavy (non-hydrogen) atoms. The standard InChI is InChI=1S/C15H21NO2/c1-3-8-16(10-15(17)18)14-7-6-12-5-4-11(2)9-13(12)14/h4-5,9,14H,3,6-8,10H2,1-2H3,(H,17,18). The maximum atomic E-state index is 11.0. The molecule has 2 rings (SSSR count). The largest absolute Gasteiger partial charge is 0.480 e. The van der Waals surface area contributed by atoms with Crippen LogP contribution in [0.15, 0.2) is 18.2 Å². The van der Waals surface area contributed by atoms with E-state index >= 15 is 0 Å². The van der Waals surface area contributed by atoms with Gasteiger partial charge in [0.05, 0.1) is 6.54 Å². The van der Waals surface area contributed by atoms with Crippen LogP contribution in [0.4, 0.5) is 0 Å². The average molecular weight is 247 g/mol. The van der Waals surface area contributed by atoms with Crippen LogP contribution in [0.25, 0.3) is 0 Å². The third kappa shape index (κ3) is 2.72. The van der Waals surface area contributed by atoms with E-state index in [0.717, 1.165) is 25.8 Å². The predicted octanol–water partition coefficient (Wildman–Crippen LogP) is 2.78. The number of aliphatic carboxylic acids is 1. The van der Waals surface area contributed by atoms with Gasteiger partial charge in [-0.25, -0.2) is 0 Å². The van der Waals surface area contributed by atoms with E-state index in [1.54, 1.807) is 0 Å². The Balaban J connectivity index is 2.23. The van der Waals surface area contributed by atoms with E-state index in [4.69, 9.17) is 5.11 Å². The lowest BCUT2D eigenvalue weighted by Crippen LogP contribution is -2.33. The zero-order chi connectivity index (χ0) is 13.1. The van der Waals surface area contributed by atoms with Gasteiger partial charge in [-0.2, -0.15) is 0 Å². The zero-order valence-electron chi connectivity index (χ0n) is 11.1. The molecule has 1 aliphatic rings. The molecule has 1 aliphatic carbocycles. The maximum Gasteiger partial charge on any atom is 0.317 e. The van der Waals surface area contributed by atoms with Gasteiger partial charge in [0, 0.05) is 6.04 Å². The Bertz CT molecular complexity index is 442. The van der Waals surface area contributed by atoms with E-state index in [2.05, 4.69) is 36.9 Å². The lowest BCUT2D eigenvalue weighted by atomic mass is 10.0. The van der Waals surface area contributed by atoms with Gasteiger partial charge in [0.2, 0.25) is 0 Å². The van der Waals surface area contributed by atoms with Crippen molar-refractivity contribution in [3.8, 4) is 0 Å². The van der Waals surface area contributed by atoms with Crippen LogP contribution in [0.3, 0.4) is 0 Å². The Morgan fingerprint density at radius 2 is 2.28 bits per heavy atom. The Labute approximate surface area is 108 Å². The minimum atomic E-state index is -0.732. The number of aryl methyl sites for hydroxylation is 2. The van der Waals surface area contributed by atoms with Crippen LogP contribution in [-0.2, 0) is 11.2 Å². The Kier molecular flexibility index (Phi) is 4.02. The predicted molar refractivity (Wildman–Crippen MR) is 71.7 cm³/mol. The van der Waals surface area contributed by atoms with Crippen molar-refractivity contribution in [2.24, 2.45) is 0 Å². The molecule has 0 aromatic heterocycles. The molecule has 0 aliphatic heterocycles. The minimum absolute atomic E-state index is 0.145. The maximum absolute atomic E-state index is 11.0. The van der Waals surface area contributed by atoms with E-state index in [0.29, 0.717) is 0 Å². The minimum Gasteiger partial charge on any atom is -0.480 e. The lowest BCUT2D eigenvalue weighted by molar-refractivity contribution is -0.139. The molecule has 0 fully saturated rings. The van der Waals surface area contributed by atoms with Gasteiger partial charge in [-0.1, -0.05) is 30.7 Å². The van der Waals surface area contributed by atoms with Crippen LogP contribution in [0.2, 0.25) is 0 Å². The lowest BCUT2D eigenvalue weighted by Gasteiger charge is -2.27. The van der Waals surface area contributed by atoms with E-state index in [9.17, 15) is 4.79 Å². The molecule has 98 valence electrons. The van der Waals surface area contributed by atoms with Crippen molar-refractivity contribution in [3.63, 3.8) is 0 Å². The van der Waals surface area contributed by atoms with E-state index in [1.807, 2.05) is 0 Å². The highest BCUT2D eigenvalue weighted by Crippen LogP contribution is 2.36. The van der Waals surface area contributed by atoms with Crippen molar-refractivity contribution in [1.29, 1.82) is 0 Å². The van der Waals surface area contributed by atoms with Gasteiger partial charge in [0.1, 0.15) is 0 Å². The molecule has 0 amide bonds. The molecule has 3 heteroatoms. The van der Waals surface area contributed by atoms with E-state index < -0.39 is 5.97 Å². The number of benzene rings is 1. The molecule has 0 saturated carbocycles. The molecule has 0 spiro atoms. The molecule has 0 heterocycles. The van der Waals surface area contributed by atoms with Gasteiger partial charge >= 0.3 is 5.97 Å². The molecule has 1 unspecified atom stereocenters. The summed E-state index contributed by atoms with van der Waals surface area (Å²) in [5.74, 6) is -0.732. The third-order valence-corrected chi connectivity index (χ3v) is 3.64. The van der Waals surface area contributed by atoms with Crippen molar-refractivity contribution >= 4 is 5.97 Å². The third-order valence-electron chi connectivity index (χ3n) is 3.64. The Hall–Kier alpha value is -1.35. The van der Waals surface area contributed by atoms with Gasteiger partial charge < -0.3 is 5.11 Å². The Morgan fingerprint density at radius 3 is 2.94 bits per heavy atom. The molecule has 1 atom stereocenters. The first-order valence-electron chi connectivity index (χ1n) is 6.67. The van der Waals surface area contributed by atoms with E-state index in [1.165, 1.54) is 16.7 Å². The van der Waals surface area contributed by atoms with Crippen LogP contribution in [-0.4, -0.2) is 29.1 Å². The quantitative estimate of drug-likeness (QED) is 0.869. The van der Waals surface area contributed by atoms with Crippen LogP contribution in [0, 0.1) is 6.92 Å². The second-order valence-corrected chi connectivity index (χ2v) is 5.12. The number of carboxylic acids is 1. The van der Waals surface area contributed by atoms with Gasteiger partial charge in [-0.3, -0.25) is 9.69 Å². The summed E-state index contributed by atoms with van der Waals surface area (Å²) in [7, 11) is 0. The number of hydrogen-bond donors (Lipinski definition) is 1. The summed E-state index contributed by atoms with van der Waals surface area (Å²) in [5, 5.41) is 9.03. The summed E-state index contributed by atoms with van der Waals surface area (Å²) in [6.45, 7) is 5.19. The number of hydrogen-bond acceptors (Lipinski definition) is 2. The molecule has 1 aromatic carbocycles. The fraction of sp³-hybridized carbons (Fsp3) is 0.533. The summed E-state index contributed by atoms with van der Waals surface area (Å²) in [4.78, 5) is 13.1. The van der Waals surface area contributed by atoms with Crippen LogP contribution < -0.4 is 0 Å². The molecule has 3 nitrogen and oxygen atoms in total. The van der Waals surface area contributed by atoms with Gasteiger partial charge in [-0.05, 0) is 43.9 Å². The van der Waals surface area contributed by atoms with Gasteiger partial charge in [-0.15, -0.1) is 0 Å². The first kappa shape index (κ1) is 13.1. The fourth-order valence-corrected chi connectivity index (χ4v) is 2.89. The number of carbonyl (C=O) groups is 1. The number of nitrogens with zero attached hydrogens (tertiary/aromatic N) is 1. The SMILES string of the molecule is CCCN(CC(=O)O)C1CCc2ccc(C)cc21. The number of carboxylic acid groups (broad SMARTS) is 1. The van der Waals surface area contributed by atoms with E-state index in [-0.39, 0.29) is 12.6 Å². The summed E-state index contributed by atoms with van der Waals surface area (Å²) in [6, 6.07) is 6.84. The van der Waals surface area contributed by atoms with Crippen LogP contribution in [0.1, 0.15) is 42.5 Å². The molecular formula is C15H21NO2. The smallest absolute Gasteiger partial charge is 0.317 e. The molecular weight excluding hydrogens is 226 g/mol. The topological polar surface area (TPSA) is 40.5 Å². The highest BCUT2D eigenvalue weighted by Gasteiger charge is 2.28. The van der Waals surface area contributed by atoms with Crippen LogP contribution >= 0.6 is 0 Å². The summed E-state index contributed by atoms with van der Waals surface area (Å²) in [5.41, 5.74) is 3.98. The fourth-order valence-electron chi connectivity index (χ4n) is 2.89. The monoisotopic (exact) mass is 247 g/mol. The highest BCUT2D eigenvalue weighted by molar-refractivity contribution is 5.69. The van der Waals surface area contributed by atoms with Crippen molar-refractivity contribution in [2.75, 3.05) is 13.1 Å². The second kappa shape index (κ2) is 5.53. The zero-order valence-corrected chi connectivity index (χ0v) is 11.1. The molecule has 1 aromatic rings. The number of fused-ring (bicyclic) bond motifs is 1. The molecule has 0 bridgehead atoms. The van der Waals surface area contributed by atoms with Gasteiger partial charge in [0.25, 0.3) is 0 Å².